The molecular weight excluding hydrogens is 265 g/mol. The second-order valence-corrected chi connectivity index (χ2v) is 6.02. The Kier molecular flexibility index (Phi) is 6.22. The summed E-state index contributed by atoms with van der Waals surface area (Å²) in [6.07, 6.45) is 0.627. The molecule has 1 aromatic carbocycles. The van der Waals surface area contributed by atoms with Crippen molar-refractivity contribution < 1.29 is 18.4 Å². The zero-order valence-corrected chi connectivity index (χ0v) is 12.4. The van der Waals surface area contributed by atoms with Crippen molar-refractivity contribution in [2.24, 2.45) is 0 Å². The average Bonchev–Trinajstić information content (AvgIpc) is 2.40. The predicted molar refractivity (Wildman–Crippen MR) is 73.9 cm³/mol. The molecule has 19 heavy (non-hydrogen) atoms. The number of benzene rings is 1. The lowest BCUT2D eigenvalue weighted by molar-refractivity contribution is -0.118. The fraction of sp³-hybridized carbons (Fsp3) is 0.462. The lowest BCUT2D eigenvalue weighted by Crippen LogP contribution is -2.25. The summed E-state index contributed by atoms with van der Waals surface area (Å²) in [4.78, 5) is 12.4. The molecule has 1 amide bonds. The summed E-state index contributed by atoms with van der Waals surface area (Å²) in [5.41, 5.74) is 0.724. The summed E-state index contributed by atoms with van der Waals surface area (Å²) in [6, 6.07) is 9.10. The first kappa shape index (κ1) is 15.9. The highest BCUT2D eigenvalue weighted by atomic mass is 31.2. The van der Waals surface area contributed by atoms with Gasteiger partial charge in [-0.05, 0) is 19.4 Å². The van der Waals surface area contributed by atoms with Crippen molar-refractivity contribution in [1.82, 2.24) is 4.90 Å². The van der Waals surface area contributed by atoms with Gasteiger partial charge in [-0.2, -0.15) is 0 Å². The highest BCUT2D eigenvalue weighted by Crippen LogP contribution is 2.61. The number of rotatable bonds is 8. The maximum atomic E-state index is 12.9. The van der Waals surface area contributed by atoms with Crippen LogP contribution < -0.4 is 0 Å². The van der Waals surface area contributed by atoms with E-state index < -0.39 is 13.4 Å². The van der Waals surface area contributed by atoms with Gasteiger partial charge in [-0.25, -0.2) is 0 Å². The predicted octanol–water partition coefficient (Wildman–Crippen LogP) is 3.04. The van der Waals surface area contributed by atoms with Crippen molar-refractivity contribution in [1.29, 1.82) is 0 Å². The van der Waals surface area contributed by atoms with Gasteiger partial charge in [0.05, 0.1) is 13.2 Å². The molecular formula is C13H20NO4P. The molecule has 0 aliphatic carbocycles. The smallest absolute Gasteiger partial charge is 0.330 e. The lowest BCUT2D eigenvalue weighted by atomic mass is 10.2. The summed E-state index contributed by atoms with van der Waals surface area (Å²) >= 11 is 0. The summed E-state index contributed by atoms with van der Waals surface area (Å²) in [6.45, 7) is 4.00. The van der Waals surface area contributed by atoms with Crippen LogP contribution in [0.3, 0.4) is 0 Å². The van der Waals surface area contributed by atoms with Crippen LogP contribution >= 0.6 is 7.60 Å². The molecule has 0 aliphatic heterocycles. The molecule has 1 atom stereocenters. The van der Waals surface area contributed by atoms with Gasteiger partial charge in [-0.3, -0.25) is 9.36 Å². The van der Waals surface area contributed by atoms with E-state index in [2.05, 4.69) is 0 Å². The fourth-order valence-corrected chi connectivity index (χ4v) is 3.98. The van der Waals surface area contributed by atoms with Gasteiger partial charge in [0.25, 0.3) is 0 Å². The SMILES string of the molecule is CCOP(=O)(OCC)[C@@H](c1ccccc1)N(C)C=O. The minimum Gasteiger partial charge on any atom is -0.330 e. The van der Waals surface area contributed by atoms with E-state index in [-0.39, 0.29) is 13.2 Å². The standard InChI is InChI=1S/C13H20NO4P/c1-4-17-19(16,18-5-2)13(14(3)11-15)12-9-7-6-8-10-12/h6-11,13H,4-5H2,1-3H3/t13-/m0/s1. The molecule has 5 nitrogen and oxygen atoms in total. The summed E-state index contributed by atoms with van der Waals surface area (Å²) < 4.78 is 23.6. The van der Waals surface area contributed by atoms with Crippen LogP contribution in [0.2, 0.25) is 0 Å². The topological polar surface area (TPSA) is 55.8 Å². The molecule has 0 radical (unpaired) electrons. The Morgan fingerprint density at radius 2 is 1.74 bits per heavy atom. The van der Waals surface area contributed by atoms with E-state index in [0.717, 1.165) is 5.56 Å². The molecule has 0 saturated heterocycles. The van der Waals surface area contributed by atoms with Crippen molar-refractivity contribution in [2.75, 3.05) is 20.3 Å². The third kappa shape index (κ3) is 3.90. The van der Waals surface area contributed by atoms with Crippen LogP contribution in [0.1, 0.15) is 25.2 Å². The lowest BCUT2D eigenvalue weighted by Gasteiger charge is -2.31. The number of hydrogen-bond donors (Lipinski definition) is 0. The molecule has 0 spiro atoms. The van der Waals surface area contributed by atoms with E-state index in [1.54, 1.807) is 33.0 Å². The maximum Gasteiger partial charge on any atom is 0.357 e. The minimum atomic E-state index is -3.43. The van der Waals surface area contributed by atoms with Gasteiger partial charge in [0.2, 0.25) is 6.41 Å². The Labute approximate surface area is 114 Å². The number of carbonyl (C=O) groups excluding carboxylic acids is 1. The van der Waals surface area contributed by atoms with E-state index in [1.807, 2.05) is 18.2 Å². The Balaban J connectivity index is 3.22. The van der Waals surface area contributed by atoms with Gasteiger partial charge in [0, 0.05) is 7.05 Å². The number of hydrogen-bond acceptors (Lipinski definition) is 4. The van der Waals surface area contributed by atoms with Crippen LogP contribution in [0.4, 0.5) is 0 Å². The monoisotopic (exact) mass is 285 g/mol. The van der Waals surface area contributed by atoms with Gasteiger partial charge < -0.3 is 13.9 Å². The molecule has 6 heteroatoms. The Morgan fingerprint density at radius 3 is 2.16 bits per heavy atom. The van der Waals surface area contributed by atoms with Gasteiger partial charge >= 0.3 is 7.60 Å². The van der Waals surface area contributed by atoms with Crippen LogP contribution in [-0.2, 0) is 18.4 Å². The number of carbonyl (C=O) groups is 1. The van der Waals surface area contributed by atoms with E-state index in [1.165, 1.54) is 4.90 Å². The van der Waals surface area contributed by atoms with Gasteiger partial charge in [-0.15, -0.1) is 0 Å². The second-order valence-electron chi connectivity index (χ2n) is 3.93. The molecule has 0 N–H and O–H groups in total. The zero-order valence-electron chi connectivity index (χ0n) is 11.5. The normalized spacial score (nSPS) is 13.0. The summed E-state index contributed by atoms with van der Waals surface area (Å²) in [5.74, 6) is -0.730. The third-order valence-electron chi connectivity index (χ3n) is 2.57. The molecule has 0 aromatic heterocycles. The largest absolute Gasteiger partial charge is 0.357 e. The molecule has 1 rings (SSSR count). The van der Waals surface area contributed by atoms with Gasteiger partial charge in [0.1, 0.15) is 0 Å². The van der Waals surface area contributed by atoms with Crippen LogP contribution in [0.15, 0.2) is 30.3 Å². The average molecular weight is 285 g/mol. The van der Waals surface area contributed by atoms with E-state index >= 15 is 0 Å². The van der Waals surface area contributed by atoms with Gasteiger partial charge in [0.15, 0.2) is 5.78 Å². The summed E-state index contributed by atoms with van der Waals surface area (Å²) in [7, 11) is -1.86. The van der Waals surface area contributed by atoms with Crippen LogP contribution in [0, 0.1) is 0 Å². The molecule has 0 heterocycles. The first-order valence-electron chi connectivity index (χ1n) is 6.20. The molecule has 0 aliphatic rings. The quantitative estimate of drug-likeness (QED) is 0.544. The Bertz CT molecular complexity index is 428. The number of nitrogens with zero attached hydrogens (tertiary/aromatic N) is 1. The van der Waals surface area contributed by atoms with E-state index in [9.17, 15) is 9.36 Å². The fourth-order valence-electron chi connectivity index (χ4n) is 1.86. The molecule has 0 fully saturated rings. The van der Waals surface area contributed by atoms with Crippen molar-refractivity contribution >= 4 is 14.0 Å². The maximum absolute atomic E-state index is 12.9. The van der Waals surface area contributed by atoms with Crippen LogP contribution in [-0.4, -0.2) is 31.6 Å². The molecule has 0 unspecified atom stereocenters. The van der Waals surface area contributed by atoms with Crippen molar-refractivity contribution in [3.8, 4) is 0 Å². The Morgan fingerprint density at radius 1 is 1.21 bits per heavy atom. The third-order valence-corrected chi connectivity index (χ3v) is 5.07. The van der Waals surface area contributed by atoms with Crippen molar-refractivity contribution in [3.05, 3.63) is 35.9 Å². The van der Waals surface area contributed by atoms with Crippen LogP contribution in [0.5, 0.6) is 0 Å². The molecule has 0 bridgehead atoms. The van der Waals surface area contributed by atoms with Crippen molar-refractivity contribution in [2.45, 2.75) is 19.6 Å². The highest BCUT2D eigenvalue weighted by molar-refractivity contribution is 7.54. The van der Waals surface area contributed by atoms with E-state index in [0.29, 0.717) is 6.41 Å². The van der Waals surface area contributed by atoms with Gasteiger partial charge in [-0.1, -0.05) is 30.3 Å². The van der Waals surface area contributed by atoms with Crippen molar-refractivity contribution in [3.63, 3.8) is 0 Å². The minimum absolute atomic E-state index is 0.257. The second kappa shape index (κ2) is 7.43. The highest BCUT2D eigenvalue weighted by Gasteiger charge is 2.39. The molecule has 0 saturated carbocycles. The van der Waals surface area contributed by atoms with E-state index in [4.69, 9.17) is 9.05 Å². The Hall–Kier alpha value is -1.16. The summed E-state index contributed by atoms with van der Waals surface area (Å²) in [5, 5.41) is 0. The first-order chi connectivity index (χ1) is 9.09. The molecule has 1 aromatic rings. The first-order valence-corrected chi connectivity index (χ1v) is 7.81. The van der Waals surface area contributed by atoms with Crippen LogP contribution in [0.25, 0.3) is 0 Å². The molecule has 106 valence electrons. The zero-order chi connectivity index (χ0) is 14.3. The number of amides is 1.